The van der Waals surface area contributed by atoms with E-state index in [-0.39, 0.29) is 5.91 Å². The molecule has 0 saturated carbocycles. The van der Waals surface area contributed by atoms with Crippen molar-refractivity contribution in [1.82, 2.24) is 14.8 Å². The number of ether oxygens (including phenoxy) is 1. The number of nitrogens with one attached hydrogen (secondary N) is 2. The molecule has 2 N–H and O–H groups in total. The number of para-hydroxylation sites is 1. The molecule has 3 heterocycles. The molecule has 0 bridgehead atoms. The zero-order valence-electron chi connectivity index (χ0n) is 14.1. The van der Waals surface area contributed by atoms with E-state index in [0.717, 1.165) is 54.8 Å². The molecule has 6 nitrogen and oxygen atoms in total. The van der Waals surface area contributed by atoms with Crippen LogP contribution < -0.4 is 5.32 Å². The molecule has 0 radical (unpaired) electrons. The molecule has 0 unspecified atom stereocenters. The van der Waals surface area contributed by atoms with Gasteiger partial charge in [-0.3, -0.25) is 9.48 Å². The number of carbonyl (C=O) groups is 1. The largest absolute Gasteiger partial charge is 0.381 e. The van der Waals surface area contributed by atoms with Crippen molar-refractivity contribution >= 4 is 22.5 Å². The van der Waals surface area contributed by atoms with E-state index < -0.39 is 0 Å². The fourth-order valence-electron chi connectivity index (χ4n) is 3.38. The number of benzene rings is 1. The zero-order chi connectivity index (χ0) is 17.1. The van der Waals surface area contributed by atoms with Gasteiger partial charge >= 0.3 is 0 Å². The number of rotatable bonds is 5. The first-order valence-corrected chi connectivity index (χ1v) is 8.73. The maximum atomic E-state index is 12.3. The predicted molar refractivity (Wildman–Crippen MR) is 96.4 cm³/mol. The van der Waals surface area contributed by atoms with Gasteiger partial charge in [-0.25, -0.2) is 0 Å². The van der Waals surface area contributed by atoms with E-state index in [0.29, 0.717) is 12.3 Å². The van der Waals surface area contributed by atoms with Crippen LogP contribution in [0.1, 0.15) is 18.4 Å². The number of anilines is 1. The molecule has 0 atom stereocenters. The monoisotopic (exact) mass is 338 g/mol. The number of fused-ring (bicyclic) bond motifs is 1. The summed E-state index contributed by atoms with van der Waals surface area (Å²) < 4.78 is 7.30. The van der Waals surface area contributed by atoms with Gasteiger partial charge in [0.1, 0.15) is 0 Å². The minimum Gasteiger partial charge on any atom is -0.381 e. The van der Waals surface area contributed by atoms with Crippen LogP contribution in [0, 0.1) is 5.92 Å². The highest BCUT2D eigenvalue weighted by atomic mass is 16.5. The van der Waals surface area contributed by atoms with Crippen LogP contribution >= 0.6 is 0 Å². The van der Waals surface area contributed by atoms with Crippen molar-refractivity contribution < 1.29 is 9.53 Å². The highest BCUT2D eigenvalue weighted by Gasteiger charge is 2.15. The summed E-state index contributed by atoms with van der Waals surface area (Å²) in [5, 5.41) is 8.40. The molecule has 1 aliphatic heterocycles. The van der Waals surface area contributed by atoms with Gasteiger partial charge in [0.15, 0.2) is 0 Å². The van der Waals surface area contributed by atoms with Gasteiger partial charge in [-0.2, -0.15) is 5.10 Å². The smallest absolute Gasteiger partial charge is 0.228 e. The third kappa shape index (κ3) is 3.74. The first-order valence-electron chi connectivity index (χ1n) is 8.73. The van der Waals surface area contributed by atoms with E-state index >= 15 is 0 Å². The van der Waals surface area contributed by atoms with E-state index in [4.69, 9.17) is 4.74 Å². The van der Waals surface area contributed by atoms with E-state index in [2.05, 4.69) is 15.4 Å². The molecular weight excluding hydrogens is 316 g/mol. The number of aromatic amines is 1. The van der Waals surface area contributed by atoms with Crippen LogP contribution in [-0.2, 0) is 22.5 Å². The van der Waals surface area contributed by atoms with Crippen LogP contribution in [0.4, 0.5) is 5.69 Å². The lowest BCUT2D eigenvalue weighted by Crippen LogP contribution is -2.20. The van der Waals surface area contributed by atoms with Crippen molar-refractivity contribution in [2.75, 3.05) is 18.5 Å². The Balaban J connectivity index is 1.36. The normalized spacial score (nSPS) is 15.5. The molecule has 1 saturated heterocycles. The topological polar surface area (TPSA) is 71.9 Å². The minimum absolute atomic E-state index is 0.0321. The number of carbonyl (C=O) groups excluding carboxylic acids is 1. The molecule has 1 aliphatic rings. The van der Waals surface area contributed by atoms with Gasteiger partial charge in [-0.1, -0.05) is 18.2 Å². The Hall–Kier alpha value is -2.60. The van der Waals surface area contributed by atoms with Gasteiger partial charge < -0.3 is 15.0 Å². The standard InChI is InChI=1S/C19H22N4O2/c24-19(9-15-10-20-18-4-2-1-3-17(15)18)22-16-11-21-23(13-16)12-14-5-7-25-8-6-14/h1-4,10-11,13-14,20H,5-9,12H2,(H,22,24). The van der Waals surface area contributed by atoms with Crippen molar-refractivity contribution in [3.05, 3.63) is 48.4 Å². The lowest BCUT2D eigenvalue weighted by Gasteiger charge is -2.21. The van der Waals surface area contributed by atoms with Crippen molar-refractivity contribution in [2.45, 2.75) is 25.8 Å². The van der Waals surface area contributed by atoms with E-state index in [1.807, 2.05) is 41.3 Å². The van der Waals surface area contributed by atoms with Gasteiger partial charge in [0.25, 0.3) is 0 Å². The van der Waals surface area contributed by atoms with Crippen molar-refractivity contribution in [1.29, 1.82) is 0 Å². The molecule has 4 rings (SSSR count). The second-order valence-corrected chi connectivity index (χ2v) is 6.59. The van der Waals surface area contributed by atoms with Crippen LogP contribution in [-0.4, -0.2) is 33.9 Å². The Morgan fingerprint density at radius 1 is 1.32 bits per heavy atom. The average molecular weight is 338 g/mol. The summed E-state index contributed by atoms with van der Waals surface area (Å²) in [6, 6.07) is 8.00. The zero-order valence-corrected chi connectivity index (χ0v) is 14.1. The lowest BCUT2D eigenvalue weighted by atomic mass is 10.0. The molecule has 25 heavy (non-hydrogen) atoms. The number of nitrogens with zero attached hydrogens (tertiary/aromatic N) is 2. The predicted octanol–water partition coefficient (Wildman–Crippen LogP) is 2.97. The van der Waals surface area contributed by atoms with Crippen molar-refractivity contribution in [2.24, 2.45) is 5.92 Å². The first-order chi connectivity index (χ1) is 12.3. The highest BCUT2D eigenvalue weighted by Crippen LogP contribution is 2.19. The Kier molecular flexibility index (Phi) is 4.52. The maximum absolute atomic E-state index is 12.3. The summed E-state index contributed by atoms with van der Waals surface area (Å²) in [7, 11) is 0. The highest BCUT2D eigenvalue weighted by molar-refractivity contribution is 5.95. The molecule has 1 fully saturated rings. The number of amides is 1. The van der Waals surface area contributed by atoms with Crippen LogP contribution in [0.2, 0.25) is 0 Å². The summed E-state index contributed by atoms with van der Waals surface area (Å²) in [4.78, 5) is 15.5. The van der Waals surface area contributed by atoms with Gasteiger partial charge in [-0.05, 0) is 30.4 Å². The Bertz CT molecular complexity index is 861. The minimum atomic E-state index is -0.0321. The summed E-state index contributed by atoms with van der Waals surface area (Å²) in [6.45, 7) is 2.54. The molecular formula is C19H22N4O2. The summed E-state index contributed by atoms with van der Waals surface area (Å²) >= 11 is 0. The van der Waals surface area contributed by atoms with Gasteiger partial charge in [0, 0.05) is 43.1 Å². The average Bonchev–Trinajstić information content (AvgIpc) is 3.23. The Morgan fingerprint density at radius 3 is 3.04 bits per heavy atom. The Morgan fingerprint density at radius 2 is 2.16 bits per heavy atom. The van der Waals surface area contributed by atoms with Crippen LogP contribution in [0.15, 0.2) is 42.9 Å². The fourth-order valence-corrected chi connectivity index (χ4v) is 3.38. The van der Waals surface area contributed by atoms with E-state index in [1.165, 1.54) is 0 Å². The quantitative estimate of drug-likeness (QED) is 0.751. The summed E-state index contributed by atoms with van der Waals surface area (Å²) in [6.07, 6.45) is 8.01. The van der Waals surface area contributed by atoms with Gasteiger partial charge in [-0.15, -0.1) is 0 Å². The van der Waals surface area contributed by atoms with E-state index in [9.17, 15) is 4.79 Å². The molecule has 1 aromatic carbocycles. The molecule has 3 aromatic rings. The SMILES string of the molecule is O=C(Cc1c[nH]c2ccccc12)Nc1cnn(CC2CCOCC2)c1. The van der Waals surface area contributed by atoms with Gasteiger partial charge in [0.2, 0.25) is 5.91 Å². The number of aromatic nitrogens is 3. The van der Waals surface area contributed by atoms with Crippen LogP contribution in [0.5, 0.6) is 0 Å². The maximum Gasteiger partial charge on any atom is 0.228 e. The van der Waals surface area contributed by atoms with Crippen LogP contribution in [0.3, 0.4) is 0 Å². The third-order valence-corrected chi connectivity index (χ3v) is 4.73. The molecule has 6 heteroatoms. The second-order valence-electron chi connectivity index (χ2n) is 6.59. The second kappa shape index (κ2) is 7.11. The van der Waals surface area contributed by atoms with Crippen LogP contribution in [0.25, 0.3) is 10.9 Å². The van der Waals surface area contributed by atoms with Crippen molar-refractivity contribution in [3.8, 4) is 0 Å². The number of hydrogen-bond acceptors (Lipinski definition) is 3. The van der Waals surface area contributed by atoms with Crippen molar-refractivity contribution in [3.63, 3.8) is 0 Å². The molecule has 1 amide bonds. The summed E-state index contributed by atoms with van der Waals surface area (Å²) in [5.41, 5.74) is 2.80. The molecule has 2 aromatic heterocycles. The number of hydrogen-bond donors (Lipinski definition) is 2. The lowest BCUT2D eigenvalue weighted by molar-refractivity contribution is -0.115. The third-order valence-electron chi connectivity index (χ3n) is 4.73. The number of H-pyrrole nitrogens is 1. The molecule has 0 aliphatic carbocycles. The molecule has 130 valence electrons. The fraction of sp³-hybridized carbons (Fsp3) is 0.368. The van der Waals surface area contributed by atoms with Gasteiger partial charge in [0.05, 0.1) is 18.3 Å². The summed E-state index contributed by atoms with van der Waals surface area (Å²) in [5.74, 6) is 0.568. The Labute approximate surface area is 146 Å². The van der Waals surface area contributed by atoms with E-state index in [1.54, 1.807) is 6.20 Å². The molecule has 0 spiro atoms. The first kappa shape index (κ1) is 15.9.